The monoisotopic (exact) mass is 336 g/mol. The summed E-state index contributed by atoms with van der Waals surface area (Å²) in [4.78, 5) is 8.14. The van der Waals surface area contributed by atoms with Gasteiger partial charge in [-0.25, -0.2) is 9.38 Å². The van der Waals surface area contributed by atoms with Gasteiger partial charge in [-0.2, -0.15) is 0 Å². The average molecular weight is 336 g/mol. The molecular formula is C19H17FN4O. The van der Waals surface area contributed by atoms with Crippen molar-refractivity contribution in [1.82, 2.24) is 4.98 Å². The largest absolute Gasteiger partial charge is 0.453 e. The second kappa shape index (κ2) is 7.92. The fraction of sp³-hybridized carbons (Fsp3) is 0.0526. The van der Waals surface area contributed by atoms with Crippen molar-refractivity contribution in [3.63, 3.8) is 0 Å². The first-order chi connectivity index (χ1) is 12.2. The van der Waals surface area contributed by atoms with E-state index in [1.807, 2.05) is 30.3 Å². The molecule has 0 radical (unpaired) electrons. The van der Waals surface area contributed by atoms with Crippen LogP contribution < -0.4 is 15.8 Å². The third kappa shape index (κ3) is 4.78. The van der Waals surface area contributed by atoms with Crippen LogP contribution in [0.4, 0.5) is 10.1 Å². The van der Waals surface area contributed by atoms with Crippen molar-refractivity contribution in [2.24, 2.45) is 10.7 Å². The van der Waals surface area contributed by atoms with Crippen LogP contribution in [0.5, 0.6) is 11.5 Å². The molecule has 1 heterocycles. The summed E-state index contributed by atoms with van der Waals surface area (Å²) in [6.45, 7) is 0.260. The molecule has 0 amide bonds. The zero-order chi connectivity index (χ0) is 17.5. The molecule has 0 saturated heterocycles. The molecule has 0 bridgehead atoms. The van der Waals surface area contributed by atoms with Crippen LogP contribution in [0.15, 0.2) is 78.0 Å². The normalized spacial score (nSPS) is 11.2. The summed E-state index contributed by atoms with van der Waals surface area (Å²) >= 11 is 0. The Morgan fingerprint density at radius 2 is 1.96 bits per heavy atom. The lowest BCUT2D eigenvalue weighted by atomic mass is 10.2. The number of rotatable bonds is 5. The smallest absolute Gasteiger partial charge is 0.193 e. The van der Waals surface area contributed by atoms with Gasteiger partial charge in [0.25, 0.3) is 0 Å². The molecule has 0 saturated carbocycles. The third-order valence-corrected chi connectivity index (χ3v) is 3.34. The van der Waals surface area contributed by atoms with Gasteiger partial charge in [-0.15, -0.1) is 0 Å². The van der Waals surface area contributed by atoms with E-state index in [2.05, 4.69) is 15.3 Å². The Hall–Kier alpha value is -3.41. The number of hydrogen-bond acceptors (Lipinski definition) is 3. The molecule has 3 N–H and O–H groups in total. The number of nitrogens with zero attached hydrogens (tertiary/aromatic N) is 2. The summed E-state index contributed by atoms with van der Waals surface area (Å²) in [6.07, 6.45) is 3.14. The van der Waals surface area contributed by atoms with Crippen molar-refractivity contribution in [3.05, 3.63) is 84.4 Å². The highest BCUT2D eigenvalue weighted by Crippen LogP contribution is 2.24. The molecule has 1 aromatic heterocycles. The number of aromatic nitrogens is 1. The van der Waals surface area contributed by atoms with Crippen LogP contribution in [0.2, 0.25) is 0 Å². The van der Waals surface area contributed by atoms with Gasteiger partial charge in [0, 0.05) is 11.9 Å². The van der Waals surface area contributed by atoms with Crippen LogP contribution in [0, 0.1) is 5.82 Å². The van der Waals surface area contributed by atoms with Crippen molar-refractivity contribution in [2.45, 2.75) is 6.54 Å². The van der Waals surface area contributed by atoms with Crippen LogP contribution in [0.3, 0.4) is 0 Å². The number of hydrogen-bond donors (Lipinski definition) is 2. The predicted molar refractivity (Wildman–Crippen MR) is 96.1 cm³/mol. The van der Waals surface area contributed by atoms with Gasteiger partial charge in [0.05, 0.1) is 12.7 Å². The van der Waals surface area contributed by atoms with Crippen LogP contribution in [0.1, 0.15) is 5.56 Å². The maximum absolute atomic E-state index is 14.2. The molecule has 0 aliphatic rings. The van der Waals surface area contributed by atoms with Gasteiger partial charge in [0.15, 0.2) is 17.5 Å². The van der Waals surface area contributed by atoms with E-state index in [1.165, 1.54) is 12.3 Å². The maximum Gasteiger partial charge on any atom is 0.193 e. The lowest BCUT2D eigenvalue weighted by Crippen LogP contribution is -2.22. The van der Waals surface area contributed by atoms with Crippen molar-refractivity contribution in [3.8, 4) is 11.5 Å². The minimum absolute atomic E-state index is 0.135. The first kappa shape index (κ1) is 16.4. The van der Waals surface area contributed by atoms with Crippen molar-refractivity contribution in [2.75, 3.05) is 5.32 Å². The van der Waals surface area contributed by atoms with E-state index in [0.717, 1.165) is 5.69 Å². The van der Waals surface area contributed by atoms with Gasteiger partial charge in [-0.1, -0.05) is 24.3 Å². The van der Waals surface area contributed by atoms with Crippen molar-refractivity contribution >= 4 is 11.6 Å². The van der Waals surface area contributed by atoms with Gasteiger partial charge in [0.1, 0.15) is 5.75 Å². The molecule has 0 aliphatic heterocycles. The minimum Gasteiger partial charge on any atom is -0.453 e. The Morgan fingerprint density at radius 3 is 2.68 bits per heavy atom. The Labute approximate surface area is 145 Å². The van der Waals surface area contributed by atoms with Crippen LogP contribution in [-0.4, -0.2) is 10.9 Å². The summed E-state index contributed by atoms with van der Waals surface area (Å²) in [5.41, 5.74) is 7.37. The van der Waals surface area contributed by atoms with E-state index >= 15 is 0 Å². The average Bonchev–Trinajstić information content (AvgIpc) is 2.64. The zero-order valence-corrected chi connectivity index (χ0v) is 13.4. The molecule has 0 atom stereocenters. The van der Waals surface area contributed by atoms with E-state index in [4.69, 9.17) is 10.5 Å². The summed E-state index contributed by atoms with van der Waals surface area (Å²) < 4.78 is 19.6. The highest BCUT2D eigenvalue weighted by Gasteiger charge is 2.06. The molecule has 0 fully saturated rings. The molecule has 0 unspecified atom stereocenters. The number of pyridine rings is 1. The topological polar surface area (TPSA) is 72.5 Å². The first-order valence-corrected chi connectivity index (χ1v) is 7.69. The van der Waals surface area contributed by atoms with Gasteiger partial charge in [-0.05, 0) is 42.0 Å². The van der Waals surface area contributed by atoms with Gasteiger partial charge in [0.2, 0.25) is 0 Å². The van der Waals surface area contributed by atoms with Gasteiger partial charge < -0.3 is 15.8 Å². The first-order valence-electron chi connectivity index (χ1n) is 7.69. The number of benzene rings is 2. The van der Waals surface area contributed by atoms with E-state index in [-0.39, 0.29) is 18.3 Å². The molecule has 126 valence electrons. The van der Waals surface area contributed by atoms with E-state index in [0.29, 0.717) is 11.3 Å². The van der Waals surface area contributed by atoms with Crippen LogP contribution >= 0.6 is 0 Å². The fourth-order valence-corrected chi connectivity index (χ4v) is 2.15. The highest BCUT2D eigenvalue weighted by molar-refractivity contribution is 5.92. The molecule has 2 aromatic carbocycles. The van der Waals surface area contributed by atoms with Gasteiger partial charge in [-0.3, -0.25) is 4.98 Å². The Morgan fingerprint density at radius 1 is 1.12 bits per heavy atom. The molecule has 0 aliphatic carbocycles. The third-order valence-electron chi connectivity index (χ3n) is 3.34. The summed E-state index contributed by atoms with van der Waals surface area (Å²) in [5.74, 6) is 0.410. The Balaban J connectivity index is 1.63. The summed E-state index contributed by atoms with van der Waals surface area (Å²) in [5, 5.41) is 2.97. The van der Waals surface area contributed by atoms with Crippen molar-refractivity contribution < 1.29 is 9.13 Å². The second-order valence-electron chi connectivity index (χ2n) is 5.25. The Bertz CT molecular complexity index is 854. The number of nitrogens with one attached hydrogen (secondary N) is 1. The van der Waals surface area contributed by atoms with Crippen LogP contribution in [-0.2, 0) is 6.54 Å². The molecule has 0 spiro atoms. The number of para-hydroxylation sites is 1. The zero-order valence-electron chi connectivity index (χ0n) is 13.4. The Kier molecular flexibility index (Phi) is 5.21. The van der Waals surface area contributed by atoms with Crippen LogP contribution in [0.25, 0.3) is 0 Å². The minimum atomic E-state index is -0.467. The molecule has 6 heteroatoms. The number of aliphatic imine (C=N–C) groups is 1. The summed E-state index contributed by atoms with van der Waals surface area (Å²) in [6, 6.07) is 17.6. The highest BCUT2D eigenvalue weighted by atomic mass is 19.1. The number of guanidine groups is 1. The van der Waals surface area contributed by atoms with E-state index in [1.54, 1.807) is 30.5 Å². The number of nitrogens with two attached hydrogens (primary N) is 1. The molecular weight excluding hydrogens is 319 g/mol. The summed E-state index contributed by atoms with van der Waals surface area (Å²) in [7, 11) is 0. The van der Waals surface area contributed by atoms with E-state index < -0.39 is 5.82 Å². The number of ether oxygens (including phenoxy) is 1. The second-order valence-corrected chi connectivity index (χ2v) is 5.25. The molecule has 3 aromatic rings. The fourth-order valence-electron chi connectivity index (χ4n) is 2.15. The number of anilines is 1. The quantitative estimate of drug-likeness (QED) is 0.547. The lowest BCUT2D eigenvalue weighted by Gasteiger charge is -2.08. The maximum atomic E-state index is 14.2. The van der Waals surface area contributed by atoms with E-state index in [9.17, 15) is 4.39 Å². The molecule has 5 nitrogen and oxygen atoms in total. The molecule has 25 heavy (non-hydrogen) atoms. The molecule has 3 rings (SSSR count). The SMILES string of the molecule is NC(=NCc1ccc(Oc2cccnc2)c(F)c1)Nc1ccccc1. The standard InChI is InChI=1S/C19H17FN4O/c20-17-11-14(8-9-18(17)25-16-7-4-10-22-13-16)12-23-19(21)24-15-5-2-1-3-6-15/h1-11,13H,12H2,(H3,21,23,24). The predicted octanol–water partition coefficient (Wildman–Crippen LogP) is 3.94. The number of halogens is 1. The van der Waals surface area contributed by atoms with Gasteiger partial charge >= 0.3 is 0 Å². The lowest BCUT2D eigenvalue weighted by molar-refractivity contribution is 0.440. The van der Waals surface area contributed by atoms with Crippen molar-refractivity contribution in [1.29, 1.82) is 0 Å².